The number of fused-ring (bicyclic) bond motifs is 3. The Morgan fingerprint density at radius 2 is 1.69 bits per heavy atom. The van der Waals surface area contributed by atoms with Gasteiger partial charge < -0.3 is 15.4 Å². The minimum Gasteiger partial charge on any atom is -0.468 e. The number of hydrogen-bond acceptors (Lipinski definition) is 6. The van der Waals surface area contributed by atoms with Gasteiger partial charge in [0.25, 0.3) is 5.56 Å². The predicted molar refractivity (Wildman–Crippen MR) is 110 cm³/mol. The Labute approximate surface area is 166 Å². The van der Waals surface area contributed by atoms with E-state index in [9.17, 15) is 9.59 Å². The van der Waals surface area contributed by atoms with E-state index in [1.54, 1.807) is 13.1 Å². The number of anilines is 2. The van der Waals surface area contributed by atoms with Crippen molar-refractivity contribution < 1.29 is 9.53 Å². The topological polar surface area (TPSA) is 85.2 Å². The molecule has 144 valence electrons. The van der Waals surface area contributed by atoms with Crippen molar-refractivity contribution in [3.05, 3.63) is 87.2 Å². The molecular formula is C22H18N4O3. The maximum atomic E-state index is 13.3. The monoisotopic (exact) mass is 386 g/mol. The highest BCUT2D eigenvalue weighted by Crippen LogP contribution is 2.44. The van der Waals surface area contributed by atoms with Crippen molar-refractivity contribution in [2.24, 2.45) is 7.05 Å². The molecule has 1 aliphatic heterocycles. The molecule has 1 aliphatic carbocycles. The van der Waals surface area contributed by atoms with Crippen LogP contribution < -0.4 is 20.9 Å². The number of rotatable bonds is 2. The second kappa shape index (κ2) is 6.34. The number of carbonyl (C=O) groups excluding carboxylic acids is 1. The minimum absolute atomic E-state index is 0.0685. The van der Waals surface area contributed by atoms with E-state index >= 15 is 0 Å². The molecule has 5 rings (SSSR count). The van der Waals surface area contributed by atoms with Crippen LogP contribution in [0.25, 0.3) is 5.70 Å². The van der Waals surface area contributed by atoms with Gasteiger partial charge >= 0.3 is 6.01 Å². The van der Waals surface area contributed by atoms with E-state index in [1.165, 1.54) is 11.7 Å². The smallest absolute Gasteiger partial charge is 0.300 e. The Morgan fingerprint density at radius 1 is 1.00 bits per heavy atom. The van der Waals surface area contributed by atoms with Crippen molar-refractivity contribution in [2.75, 3.05) is 17.7 Å². The summed E-state index contributed by atoms with van der Waals surface area (Å²) in [6.07, 6.45) is 0. The van der Waals surface area contributed by atoms with Crippen LogP contribution in [0, 0.1) is 0 Å². The highest BCUT2D eigenvalue weighted by atomic mass is 16.5. The SMILES string of the molecule is COc1nc2c(c(=O)n1C)NC1=C(C(=O)c3ccccc31)C(c1ccccc1)N2. The number of Topliss-reactive ketones (excluding diaryl/α,β-unsaturated/α-hetero) is 1. The number of benzene rings is 2. The Hall–Kier alpha value is -3.87. The molecule has 2 N–H and O–H groups in total. The van der Waals surface area contributed by atoms with Gasteiger partial charge in [-0.2, -0.15) is 4.98 Å². The molecule has 1 unspecified atom stereocenters. The number of ketones is 1. The van der Waals surface area contributed by atoms with Gasteiger partial charge in [-0.3, -0.25) is 14.2 Å². The quantitative estimate of drug-likeness (QED) is 0.704. The third-order valence-corrected chi connectivity index (χ3v) is 5.34. The van der Waals surface area contributed by atoms with Crippen LogP contribution in [0.2, 0.25) is 0 Å². The Balaban J connectivity index is 1.79. The summed E-state index contributed by atoms with van der Waals surface area (Å²) in [4.78, 5) is 30.8. The molecule has 2 aliphatic rings. The van der Waals surface area contributed by atoms with E-state index < -0.39 is 6.04 Å². The molecule has 2 heterocycles. The number of nitrogens with zero attached hydrogens (tertiary/aromatic N) is 2. The summed E-state index contributed by atoms with van der Waals surface area (Å²) < 4.78 is 6.58. The third kappa shape index (κ3) is 2.47. The molecule has 0 radical (unpaired) electrons. The number of aromatic nitrogens is 2. The lowest BCUT2D eigenvalue weighted by Crippen LogP contribution is -2.25. The fraction of sp³-hybridized carbons (Fsp3) is 0.136. The van der Waals surface area contributed by atoms with Crippen molar-refractivity contribution in [1.29, 1.82) is 0 Å². The Bertz CT molecular complexity index is 1240. The molecule has 3 aromatic rings. The Kier molecular flexibility index (Phi) is 3.77. The summed E-state index contributed by atoms with van der Waals surface area (Å²) >= 11 is 0. The average Bonchev–Trinajstić information content (AvgIpc) is 2.92. The number of carbonyl (C=O) groups is 1. The van der Waals surface area contributed by atoms with Crippen LogP contribution in [0.4, 0.5) is 11.5 Å². The summed E-state index contributed by atoms with van der Waals surface area (Å²) in [5, 5.41) is 6.52. The van der Waals surface area contributed by atoms with Crippen LogP contribution in [-0.2, 0) is 7.05 Å². The van der Waals surface area contributed by atoms with Gasteiger partial charge in [0.05, 0.1) is 24.4 Å². The van der Waals surface area contributed by atoms with E-state index in [0.717, 1.165) is 11.1 Å². The van der Waals surface area contributed by atoms with Gasteiger partial charge in [-0.05, 0) is 5.56 Å². The van der Waals surface area contributed by atoms with E-state index in [1.807, 2.05) is 48.5 Å². The zero-order valence-electron chi connectivity index (χ0n) is 15.9. The lowest BCUT2D eigenvalue weighted by molar-refractivity contribution is 0.103. The molecule has 0 saturated heterocycles. The van der Waals surface area contributed by atoms with Gasteiger partial charge in [-0.1, -0.05) is 54.6 Å². The first kappa shape index (κ1) is 17.2. The van der Waals surface area contributed by atoms with Crippen LogP contribution >= 0.6 is 0 Å². The summed E-state index contributed by atoms with van der Waals surface area (Å²) in [6, 6.07) is 16.8. The van der Waals surface area contributed by atoms with Crippen molar-refractivity contribution in [3.63, 3.8) is 0 Å². The molecule has 7 nitrogen and oxygen atoms in total. The standard InChI is InChI=1S/C22H18N4O3/c1-26-21(28)18-20(25-22(26)29-2)24-16(12-8-4-3-5-9-12)15-17(23-18)13-10-6-7-11-14(13)19(15)27/h3-11,16,23-24H,1-2H3. The van der Waals surface area contributed by atoms with Crippen molar-refractivity contribution in [3.8, 4) is 6.01 Å². The number of methoxy groups -OCH3 is 1. The lowest BCUT2D eigenvalue weighted by atomic mass is 9.95. The van der Waals surface area contributed by atoms with Crippen LogP contribution in [0.3, 0.4) is 0 Å². The zero-order chi connectivity index (χ0) is 20.1. The van der Waals surface area contributed by atoms with Gasteiger partial charge in [0.15, 0.2) is 11.6 Å². The number of ether oxygens (including phenoxy) is 1. The average molecular weight is 386 g/mol. The molecule has 0 amide bonds. The summed E-state index contributed by atoms with van der Waals surface area (Å²) in [6.45, 7) is 0. The first-order valence-corrected chi connectivity index (χ1v) is 9.22. The maximum absolute atomic E-state index is 13.3. The summed E-state index contributed by atoms with van der Waals surface area (Å²) in [5.74, 6) is 0.277. The van der Waals surface area contributed by atoms with Crippen molar-refractivity contribution in [2.45, 2.75) is 6.04 Å². The van der Waals surface area contributed by atoms with E-state index in [2.05, 4.69) is 15.6 Å². The predicted octanol–water partition coefficient (Wildman–Crippen LogP) is 2.98. The van der Waals surface area contributed by atoms with Crippen molar-refractivity contribution in [1.82, 2.24) is 9.55 Å². The number of hydrogen-bond donors (Lipinski definition) is 2. The fourth-order valence-electron chi connectivity index (χ4n) is 3.92. The van der Waals surface area contributed by atoms with E-state index in [4.69, 9.17) is 4.74 Å². The van der Waals surface area contributed by atoms with E-state index in [0.29, 0.717) is 22.7 Å². The van der Waals surface area contributed by atoms with Crippen LogP contribution in [0.5, 0.6) is 6.01 Å². The molecule has 1 atom stereocenters. The van der Waals surface area contributed by atoms with Crippen LogP contribution in [-0.4, -0.2) is 22.4 Å². The van der Waals surface area contributed by atoms with Gasteiger partial charge in [-0.25, -0.2) is 0 Å². The van der Waals surface area contributed by atoms with Gasteiger partial charge in [0.1, 0.15) is 5.69 Å². The second-order valence-corrected chi connectivity index (χ2v) is 6.96. The summed E-state index contributed by atoms with van der Waals surface area (Å²) in [7, 11) is 3.06. The molecule has 0 fully saturated rings. The first-order chi connectivity index (χ1) is 14.1. The highest BCUT2D eigenvalue weighted by molar-refractivity contribution is 6.23. The summed E-state index contributed by atoms with van der Waals surface area (Å²) in [5.41, 5.74) is 3.49. The zero-order valence-corrected chi connectivity index (χ0v) is 15.9. The first-order valence-electron chi connectivity index (χ1n) is 9.22. The molecule has 0 saturated carbocycles. The Morgan fingerprint density at radius 3 is 2.41 bits per heavy atom. The van der Waals surface area contributed by atoms with Gasteiger partial charge in [0.2, 0.25) is 0 Å². The van der Waals surface area contributed by atoms with Gasteiger partial charge in [-0.15, -0.1) is 0 Å². The van der Waals surface area contributed by atoms with Crippen molar-refractivity contribution >= 4 is 23.0 Å². The van der Waals surface area contributed by atoms with E-state index in [-0.39, 0.29) is 23.0 Å². The second-order valence-electron chi connectivity index (χ2n) is 6.96. The van der Waals surface area contributed by atoms with Crippen LogP contribution in [0.1, 0.15) is 27.5 Å². The molecule has 2 aromatic carbocycles. The molecular weight excluding hydrogens is 368 g/mol. The molecule has 7 heteroatoms. The number of nitrogens with one attached hydrogen (secondary N) is 2. The largest absolute Gasteiger partial charge is 0.468 e. The molecule has 1 aromatic heterocycles. The van der Waals surface area contributed by atoms with Gasteiger partial charge in [0, 0.05) is 18.2 Å². The lowest BCUT2D eigenvalue weighted by Gasteiger charge is -2.20. The third-order valence-electron chi connectivity index (χ3n) is 5.34. The molecule has 29 heavy (non-hydrogen) atoms. The molecule has 0 bridgehead atoms. The highest BCUT2D eigenvalue weighted by Gasteiger charge is 2.38. The maximum Gasteiger partial charge on any atom is 0.300 e. The minimum atomic E-state index is -0.468. The van der Waals surface area contributed by atoms with Crippen LogP contribution in [0.15, 0.2) is 65.0 Å². The molecule has 0 spiro atoms. The fourth-order valence-corrected chi connectivity index (χ4v) is 3.92. The normalized spacial score (nSPS) is 16.9.